The van der Waals surface area contributed by atoms with Crippen LogP contribution in [0.5, 0.6) is 0 Å². The first-order valence-corrected chi connectivity index (χ1v) is 11.3. The number of hydrogen-bond acceptors (Lipinski definition) is 7. The average Bonchev–Trinajstić information content (AvgIpc) is 3.31. The molecule has 1 saturated heterocycles. The largest absolute Gasteiger partial charge is 0.328 e. The van der Waals surface area contributed by atoms with Crippen LogP contribution in [-0.4, -0.2) is 38.7 Å². The van der Waals surface area contributed by atoms with Crippen LogP contribution in [-0.2, 0) is 10.3 Å². The summed E-state index contributed by atoms with van der Waals surface area (Å²) in [5.41, 5.74) is 9.10. The molecule has 2 aromatic heterocycles. The van der Waals surface area contributed by atoms with Crippen LogP contribution in [0, 0.1) is 17.2 Å². The fraction of sp³-hybridized carbons (Fsp3) is 0.375. The van der Waals surface area contributed by atoms with E-state index >= 15 is 0 Å². The summed E-state index contributed by atoms with van der Waals surface area (Å²) in [4.78, 5) is 23.0. The molecule has 0 radical (unpaired) electrons. The van der Waals surface area contributed by atoms with Gasteiger partial charge in [-0.3, -0.25) is 9.48 Å². The van der Waals surface area contributed by atoms with Gasteiger partial charge in [-0.15, -0.1) is 0 Å². The molecule has 9 heteroatoms. The molecule has 0 bridgehead atoms. The predicted molar refractivity (Wildman–Crippen MR) is 125 cm³/mol. The number of amides is 1. The Kier molecular flexibility index (Phi) is 5.52. The molecular formula is C24H26N8O. The number of benzene rings is 1. The van der Waals surface area contributed by atoms with Crippen molar-refractivity contribution in [3.8, 4) is 17.3 Å². The lowest BCUT2D eigenvalue weighted by Crippen LogP contribution is -2.51. The van der Waals surface area contributed by atoms with E-state index < -0.39 is 0 Å². The van der Waals surface area contributed by atoms with Crippen molar-refractivity contribution >= 4 is 23.2 Å². The van der Waals surface area contributed by atoms with Crippen molar-refractivity contribution in [2.75, 3.05) is 23.3 Å². The van der Waals surface area contributed by atoms with Crippen molar-refractivity contribution in [2.24, 2.45) is 11.7 Å². The summed E-state index contributed by atoms with van der Waals surface area (Å²) < 4.78 is 1.88. The summed E-state index contributed by atoms with van der Waals surface area (Å²) in [6.45, 7) is 1.22. The van der Waals surface area contributed by atoms with Crippen LogP contribution < -0.4 is 16.0 Å². The van der Waals surface area contributed by atoms with E-state index in [1.54, 1.807) is 12.4 Å². The molecule has 1 amide bonds. The van der Waals surface area contributed by atoms with Gasteiger partial charge in [-0.25, -0.2) is 9.97 Å². The molecule has 3 aromatic rings. The number of carbonyl (C=O) groups excluding carboxylic acids is 1. The van der Waals surface area contributed by atoms with Crippen LogP contribution in [0.1, 0.15) is 32.1 Å². The van der Waals surface area contributed by atoms with Gasteiger partial charge < -0.3 is 16.0 Å². The molecule has 1 aliphatic heterocycles. The van der Waals surface area contributed by atoms with E-state index in [4.69, 9.17) is 11.0 Å². The number of hydrogen-bond donors (Lipinski definition) is 2. The van der Waals surface area contributed by atoms with Crippen molar-refractivity contribution < 1.29 is 4.79 Å². The van der Waals surface area contributed by atoms with E-state index in [2.05, 4.69) is 26.5 Å². The number of nitrogens with zero attached hydrogens (tertiary/aromatic N) is 6. The van der Waals surface area contributed by atoms with Gasteiger partial charge in [0.05, 0.1) is 29.4 Å². The Morgan fingerprint density at radius 3 is 2.76 bits per heavy atom. The van der Waals surface area contributed by atoms with Gasteiger partial charge in [0.25, 0.3) is 0 Å². The van der Waals surface area contributed by atoms with Crippen molar-refractivity contribution in [2.45, 2.75) is 37.6 Å². The van der Waals surface area contributed by atoms with E-state index in [1.165, 1.54) is 0 Å². The topological polar surface area (TPSA) is 126 Å². The quantitative estimate of drug-likeness (QED) is 0.600. The summed E-state index contributed by atoms with van der Waals surface area (Å²) in [7, 11) is 0. The van der Waals surface area contributed by atoms with Gasteiger partial charge in [-0.05, 0) is 56.0 Å². The SMILES string of the molecule is N#CC1CC(CN)(n2cc(-c3ccnc(Nc4ccc(N5CCCCC5=O)cc4)n3)cn2)C1. The maximum atomic E-state index is 12.1. The summed E-state index contributed by atoms with van der Waals surface area (Å²) in [6, 6.07) is 11.9. The van der Waals surface area contributed by atoms with E-state index in [9.17, 15) is 4.79 Å². The average molecular weight is 443 g/mol. The van der Waals surface area contributed by atoms with Crippen LogP contribution in [0.3, 0.4) is 0 Å². The second-order valence-electron chi connectivity index (χ2n) is 8.78. The first-order chi connectivity index (χ1) is 16.1. The number of carbonyl (C=O) groups is 1. The highest BCUT2D eigenvalue weighted by Crippen LogP contribution is 2.43. The molecule has 5 rings (SSSR count). The number of anilines is 3. The predicted octanol–water partition coefficient (Wildman–Crippen LogP) is 3.19. The van der Waals surface area contributed by atoms with Gasteiger partial charge in [0.1, 0.15) is 0 Å². The smallest absolute Gasteiger partial charge is 0.227 e. The molecule has 1 aliphatic carbocycles. The third kappa shape index (κ3) is 4.05. The second-order valence-corrected chi connectivity index (χ2v) is 8.78. The summed E-state index contributed by atoms with van der Waals surface area (Å²) in [5, 5.41) is 16.9. The zero-order valence-corrected chi connectivity index (χ0v) is 18.3. The summed E-state index contributed by atoms with van der Waals surface area (Å²) in [5.74, 6) is 0.694. The molecule has 9 nitrogen and oxygen atoms in total. The lowest BCUT2D eigenvalue weighted by atomic mass is 9.69. The van der Waals surface area contributed by atoms with Crippen molar-refractivity contribution in [3.63, 3.8) is 0 Å². The van der Waals surface area contributed by atoms with Gasteiger partial charge in [-0.2, -0.15) is 10.4 Å². The zero-order chi connectivity index (χ0) is 22.8. The molecule has 1 aromatic carbocycles. The van der Waals surface area contributed by atoms with Gasteiger partial charge in [0, 0.05) is 48.8 Å². The number of piperidine rings is 1. The van der Waals surface area contributed by atoms with Crippen LogP contribution >= 0.6 is 0 Å². The lowest BCUT2D eigenvalue weighted by molar-refractivity contribution is -0.119. The highest BCUT2D eigenvalue weighted by molar-refractivity contribution is 5.94. The molecular weight excluding hydrogens is 416 g/mol. The Bertz CT molecular complexity index is 1190. The van der Waals surface area contributed by atoms with Crippen molar-refractivity contribution in [1.29, 1.82) is 5.26 Å². The van der Waals surface area contributed by atoms with Crippen LogP contribution in [0.4, 0.5) is 17.3 Å². The molecule has 168 valence electrons. The standard InChI is InChI=1S/C24H26N8O/c25-13-17-11-24(12-17,16-26)32-15-18(14-28-32)21-8-9-27-23(30-21)29-19-4-6-20(7-5-19)31-10-2-1-3-22(31)33/h4-9,14-15,17H,1-3,10-12,16,26H2,(H,27,29,30). The molecule has 2 aliphatic rings. The van der Waals surface area contributed by atoms with Crippen LogP contribution in [0.2, 0.25) is 0 Å². The Morgan fingerprint density at radius 2 is 2.03 bits per heavy atom. The van der Waals surface area contributed by atoms with Gasteiger partial charge >= 0.3 is 0 Å². The molecule has 33 heavy (non-hydrogen) atoms. The molecule has 0 spiro atoms. The maximum Gasteiger partial charge on any atom is 0.227 e. The van der Waals surface area contributed by atoms with Crippen LogP contribution in [0.15, 0.2) is 48.9 Å². The van der Waals surface area contributed by atoms with Crippen LogP contribution in [0.25, 0.3) is 11.3 Å². The summed E-state index contributed by atoms with van der Waals surface area (Å²) in [6.07, 6.45) is 9.47. The number of nitriles is 1. The second kappa shape index (κ2) is 8.64. The zero-order valence-electron chi connectivity index (χ0n) is 18.3. The Balaban J connectivity index is 1.30. The minimum Gasteiger partial charge on any atom is -0.328 e. The number of nitrogens with one attached hydrogen (secondary N) is 1. The minimum atomic E-state index is -0.287. The Labute approximate surface area is 192 Å². The Hall–Kier alpha value is -3.77. The molecule has 3 N–H and O–H groups in total. The molecule has 1 saturated carbocycles. The van der Waals surface area contributed by atoms with E-state index in [1.807, 2.05) is 46.1 Å². The third-order valence-corrected chi connectivity index (χ3v) is 6.59. The van der Waals surface area contributed by atoms with Crippen molar-refractivity contribution in [3.05, 3.63) is 48.9 Å². The number of nitrogens with two attached hydrogens (primary N) is 1. The normalized spacial score (nSPS) is 22.5. The van der Waals surface area contributed by atoms with E-state index in [-0.39, 0.29) is 17.4 Å². The fourth-order valence-electron chi connectivity index (χ4n) is 4.62. The maximum absolute atomic E-state index is 12.1. The highest BCUT2D eigenvalue weighted by Gasteiger charge is 2.45. The van der Waals surface area contributed by atoms with Crippen molar-refractivity contribution in [1.82, 2.24) is 19.7 Å². The monoisotopic (exact) mass is 442 g/mol. The first-order valence-electron chi connectivity index (χ1n) is 11.3. The van der Waals surface area contributed by atoms with Gasteiger partial charge in [0.15, 0.2) is 0 Å². The third-order valence-electron chi connectivity index (χ3n) is 6.59. The fourth-order valence-corrected chi connectivity index (χ4v) is 4.62. The molecule has 0 unspecified atom stereocenters. The number of aromatic nitrogens is 4. The minimum absolute atomic E-state index is 0.0375. The summed E-state index contributed by atoms with van der Waals surface area (Å²) >= 11 is 0. The molecule has 2 fully saturated rings. The molecule has 3 heterocycles. The first kappa shape index (κ1) is 21.1. The van der Waals surface area contributed by atoms with Gasteiger partial charge in [-0.1, -0.05) is 0 Å². The number of rotatable bonds is 6. The Morgan fingerprint density at radius 1 is 1.21 bits per heavy atom. The molecule has 0 atom stereocenters. The highest BCUT2D eigenvalue weighted by atomic mass is 16.2. The van der Waals surface area contributed by atoms with E-state index in [0.29, 0.717) is 18.9 Å². The van der Waals surface area contributed by atoms with E-state index in [0.717, 1.165) is 54.9 Å². The lowest BCUT2D eigenvalue weighted by Gasteiger charge is -2.44. The van der Waals surface area contributed by atoms with Gasteiger partial charge in [0.2, 0.25) is 11.9 Å².